The first-order valence-corrected chi connectivity index (χ1v) is 6.31. The Balaban J connectivity index is 2.42. The Morgan fingerprint density at radius 1 is 1.50 bits per heavy atom. The first-order chi connectivity index (χ1) is 7.79. The number of piperidine rings is 1. The summed E-state index contributed by atoms with van der Waals surface area (Å²) in [6, 6.07) is 0.411. The third-order valence-electron chi connectivity index (χ3n) is 3.10. The van der Waals surface area contributed by atoms with Gasteiger partial charge in [0.25, 0.3) is 0 Å². The van der Waals surface area contributed by atoms with Gasteiger partial charge < -0.3 is 15.0 Å². The van der Waals surface area contributed by atoms with Crippen LogP contribution in [0.3, 0.4) is 0 Å². The Bertz CT molecular complexity index is 209. The average Bonchev–Trinajstić information content (AvgIpc) is 2.33. The van der Waals surface area contributed by atoms with Crippen LogP contribution in [-0.4, -0.2) is 50.2 Å². The molecule has 16 heavy (non-hydrogen) atoms. The lowest BCUT2D eigenvalue weighted by atomic mass is 9.99. The predicted octanol–water partition coefficient (Wildman–Crippen LogP) is 1.01. The van der Waals surface area contributed by atoms with Crippen molar-refractivity contribution in [1.82, 2.24) is 10.2 Å². The minimum absolute atomic E-state index is 0.155. The molecule has 1 atom stereocenters. The number of hydrogen-bond donors (Lipinski definition) is 1. The molecule has 1 aliphatic rings. The van der Waals surface area contributed by atoms with Crippen LogP contribution in [0.5, 0.6) is 0 Å². The number of nitrogens with one attached hydrogen (secondary N) is 1. The number of nitrogens with zero attached hydrogens (tertiary/aromatic N) is 1. The first-order valence-electron chi connectivity index (χ1n) is 6.31. The van der Waals surface area contributed by atoms with Crippen LogP contribution in [0.1, 0.15) is 32.6 Å². The van der Waals surface area contributed by atoms with Crippen LogP contribution >= 0.6 is 0 Å². The van der Waals surface area contributed by atoms with Gasteiger partial charge in [0.1, 0.15) is 6.61 Å². The third-order valence-corrected chi connectivity index (χ3v) is 3.10. The Labute approximate surface area is 98.3 Å². The van der Waals surface area contributed by atoms with Crippen molar-refractivity contribution in [2.75, 3.05) is 33.4 Å². The zero-order valence-corrected chi connectivity index (χ0v) is 10.5. The van der Waals surface area contributed by atoms with E-state index in [1.165, 1.54) is 6.42 Å². The molecule has 1 aliphatic heterocycles. The summed E-state index contributed by atoms with van der Waals surface area (Å²) in [5.41, 5.74) is 0. The highest BCUT2D eigenvalue weighted by atomic mass is 16.5. The standard InChI is InChI=1S/C12H24N2O2/c1-3-16-10-12(15)14-9-5-4-6-11(14)7-8-13-2/h11,13H,3-10H2,1-2H3. The number of carbonyl (C=O) groups excluding carboxylic acids is 1. The topological polar surface area (TPSA) is 41.6 Å². The average molecular weight is 228 g/mol. The predicted molar refractivity (Wildman–Crippen MR) is 64.4 cm³/mol. The molecule has 0 aromatic heterocycles. The molecular formula is C12H24N2O2. The van der Waals surface area contributed by atoms with Crippen molar-refractivity contribution in [1.29, 1.82) is 0 Å². The molecule has 1 N–H and O–H groups in total. The van der Waals surface area contributed by atoms with E-state index in [0.717, 1.165) is 32.4 Å². The lowest BCUT2D eigenvalue weighted by molar-refractivity contribution is -0.139. The largest absolute Gasteiger partial charge is 0.372 e. The minimum Gasteiger partial charge on any atom is -0.372 e. The Hall–Kier alpha value is -0.610. The maximum atomic E-state index is 11.9. The zero-order valence-electron chi connectivity index (χ0n) is 10.5. The molecule has 0 aromatic carbocycles. The summed E-state index contributed by atoms with van der Waals surface area (Å²) in [5, 5.41) is 3.15. The van der Waals surface area contributed by atoms with Crippen LogP contribution in [0.25, 0.3) is 0 Å². The molecule has 1 amide bonds. The van der Waals surface area contributed by atoms with Gasteiger partial charge in [-0.05, 0) is 46.2 Å². The number of carbonyl (C=O) groups is 1. The van der Waals surface area contributed by atoms with E-state index in [4.69, 9.17) is 4.74 Å². The second-order valence-corrected chi connectivity index (χ2v) is 4.27. The molecule has 1 unspecified atom stereocenters. The molecule has 1 fully saturated rings. The van der Waals surface area contributed by atoms with Crippen LogP contribution in [0.2, 0.25) is 0 Å². The van der Waals surface area contributed by atoms with E-state index in [1.54, 1.807) is 0 Å². The molecule has 4 nitrogen and oxygen atoms in total. The number of ether oxygens (including phenoxy) is 1. The normalized spacial score (nSPS) is 21.1. The molecule has 4 heteroatoms. The number of rotatable bonds is 6. The van der Waals surface area contributed by atoms with Gasteiger partial charge in [-0.15, -0.1) is 0 Å². The van der Waals surface area contributed by atoms with E-state index in [2.05, 4.69) is 5.32 Å². The Morgan fingerprint density at radius 2 is 2.31 bits per heavy atom. The van der Waals surface area contributed by atoms with Crippen LogP contribution in [0, 0.1) is 0 Å². The summed E-state index contributed by atoms with van der Waals surface area (Å²) < 4.78 is 5.19. The minimum atomic E-state index is 0.155. The molecule has 1 heterocycles. The van der Waals surface area contributed by atoms with E-state index in [9.17, 15) is 4.79 Å². The van der Waals surface area contributed by atoms with Gasteiger partial charge in [0, 0.05) is 19.2 Å². The van der Waals surface area contributed by atoms with Gasteiger partial charge >= 0.3 is 0 Å². The molecule has 0 bridgehead atoms. The lowest BCUT2D eigenvalue weighted by Crippen LogP contribution is -2.46. The van der Waals surface area contributed by atoms with E-state index in [-0.39, 0.29) is 12.5 Å². The van der Waals surface area contributed by atoms with Gasteiger partial charge in [0.2, 0.25) is 5.91 Å². The summed E-state index contributed by atoms with van der Waals surface area (Å²) >= 11 is 0. The molecule has 0 spiro atoms. The lowest BCUT2D eigenvalue weighted by Gasteiger charge is -2.35. The molecule has 1 rings (SSSR count). The van der Waals surface area contributed by atoms with Crippen molar-refractivity contribution in [2.24, 2.45) is 0 Å². The van der Waals surface area contributed by atoms with Crippen LogP contribution in [0.15, 0.2) is 0 Å². The maximum absolute atomic E-state index is 11.9. The first kappa shape index (κ1) is 13.5. The number of amides is 1. The molecule has 1 saturated heterocycles. The van der Waals surface area contributed by atoms with Crippen molar-refractivity contribution in [3.8, 4) is 0 Å². The maximum Gasteiger partial charge on any atom is 0.248 e. The Morgan fingerprint density at radius 3 is 3.00 bits per heavy atom. The zero-order chi connectivity index (χ0) is 11.8. The summed E-state index contributed by atoms with van der Waals surface area (Å²) in [4.78, 5) is 13.9. The third kappa shape index (κ3) is 4.10. The monoisotopic (exact) mass is 228 g/mol. The summed E-state index contributed by atoms with van der Waals surface area (Å²) in [5.74, 6) is 0.155. The molecular weight excluding hydrogens is 204 g/mol. The van der Waals surface area contributed by atoms with E-state index in [1.807, 2.05) is 18.9 Å². The number of hydrogen-bond acceptors (Lipinski definition) is 3. The molecule has 0 aliphatic carbocycles. The van der Waals surface area contributed by atoms with Crippen molar-refractivity contribution in [3.63, 3.8) is 0 Å². The van der Waals surface area contributed by atoms with E-state index in [0.29, 0.717) is 12.6 Å². The summed E-state index contributed by atoms with van der Waals surface area (Å²) in [6.45, 7) is 4.65. The Kier molecular flexibility index (Phi) is 6.42. The SMILES string of the molecule is CCOCC(=O)N1CCCCC1CCNC. The van der Waals surface area contributed by atoms with Crippen molar-refractivity contribution in [2.45, 2.75) is 38.6 Å². The van der Waals surface area contributed by atoms with Crippen LogP contribution < -0.4 is 5.32 Å². The van der Waals surface area contributed by atoms with Crippen LogP contribution in [-0.2, 0) is 9.53 Å². The highest BCUT2D eigenvalue weighted by molar-refractivity contribution is 5.77. The second-order valence-electron chi connectivity index (χ2n) is 4.27. The van der Waals surface area contributed by atoms with Gasteiger partial charge in [-0.25, -0.2) is 0 Å². The molecule has 0 saturated carbocycles. The highest BCUT2D eigenvalue weighted by Crippen LogP contribution is 2.19. The molecule has 0 aromatic rings. The fraction of sp³-hybridized carbons (Fsp3) is 0.917. The van der Waals surface area contributed by atoms with Crippen molar-refractivity contribution in [3.05, 3.63) is 0 Å². The summed E-state index contributed by atoms with van der Waals surface area (Å²) in [7, 11) is 1.95. The van der Waals surface area contributed by atoms with Gasteiger partial charge in [0.15, 0.2) is 0 Å². The van der Waals surface area contributed by atoms with Crippen molar-refractivity contribution >= 4 is 5.91 Å². The molecule has 94 valence electrons. The van der Waals surface area contributed by atoms with Gasteiger partial charge in [-0.3, -0.25) is 4.79 Å². The smallest absolute Gasteiger partial charge is 0.248 e. The number of likely N-dealkylation sites (tertiary alicyclic amines) is 1. The van der Waals surface area contributed by atoms with Gasteiger partial charge in [-0.2, -0.15) is 0 Å². The van der Waals surface area contributed by atoms with E-state index < -0.39 is 0 Å². The molecule has 0 radical (unpaired) electrons. The fourth-order valence-electron chi connectivity index (χ4n) is 2.21. The van der Waals surface area contributed by atoms with Gasteiger partial charge in [0.05, 0.1) is 0 Å². The second kappa shape index (κ2) is 7.63. The van der Waals surface area contributed by atoms with Gasteiger partial charge in [-0.1, -0.05) is 0 Å². The van der Waals surface area contributed by atoms with Crippen molar-refractivity contribution < 1.29 is 9.53 Å². The quantitative estimate of drug-likeness (QED) is 0.738. The van der Waals surface area contributed by atoms with E-state index >= 15 is 0 Å². The van der Waals surface area contributed by atoms with Crippen LogP contribution in [0.4, 0.5) is 0 Å². The summed E-state index contributed by atoms with van der Waals surface area (Å²) in [6.07, 6.45) is 4.56. The highest BCUT2D eigenvalue weighted by Gasteiger charge is 2.25. The fourth-order valence-corrected chi connectivity index (χ4v) is 2.21.